The van der Waals surface area contributed by atoms with Gasteiger partial charge in [0.1, 0.15) is 0 Å². The molecule has 14 heavy (non-hydrogen) atoms. The monoisotopic (exact) mass is 231 g/mol. The second kappa shape index (κ2) is 6.32. The molecule has 2 atom stereocenters. The van der Waals surface area contributed by atoms with Gasteiger partial charge in [-0.2, -0.15) is 11.3 Å². The lowest BCUT2D eigenvalue weighted by atomic mass is 10.2. The number of rotatable bonds is 6. The Morgan fingerprint density at radius 1 is 1.64 bits per heavy atom. The van der Waals surface area contributed by atoms with Crippen molar-refractivity contribution in [2.24, 2.45) is 11.7 Å². The van der Waals surface area contributed by atoms with E-state index < -0.39 is 10.8 Å². The van der Waals surface area contributed by atoms with E-state index in [0.29, 0.717) is 12.5 Å². The maximum atomic E-state index is 11.6. The molecule has 0 aliphatic carbocycles. The second-order valence-corrected chi connectivity index (χ2v) is 5.93. The van der Waals surface area contributed by atoms with E-state index in [2.05, 4.69) is 16.8 Å². The molecular formula is C10H17NOS2. The average Bonchev–Trinajstić information content (AvgIpc) is 2.67. The summed E-state index contributed by atoms with van der Waals surface area (Å²) in [6.07, 6.45) is 0.924. The summed E-state index contributed by atoms with van der Waals surface area (Å²) in [4.78, 5) is 0. The molecule has 2 unspecified atom stereocenters. The van der Waals surface area contributed by atoms with E-state index in [4.69, 9.17) is 5.73 Å². The molecule has 0 aliphatic heterocycles. The highest BCUT2D eigenvalue weighted by molar-refractivity contribution is 7.84. The quantitative estimate of drug-likeness (QED) is 0.808. The third-order valence-corrected chi connectivity index (χ3v) is 4.40. The van der Waals surface area contributed by atoms with Crippen LogP contribution in [0.3, 0.4) is 0 Å². The van der Waals surface area contributed by atoms with Gasteiger partial charge in [-0.25, -0.2) is 0 Å². The predicted molar refractivity (Wildman–Crippen MR) is 64.1 cm³/mol. The molecule has 0 fully saturated rings. The lowest BCUT2D eigenvalue weighted by molar-refractivity contribution is 0.640. The molecule has 0 radical (unpaired) electrons. The average molecular weight is 231 g/mol. The van der Waals surface area contributed by atoms with Crippen molar-refractivity contribution < 1.29 is 4.21 Å². The Labute approximate surface area is 92.0 Å². The Kier molecular flexibility index (Phi) is 5.37. The van der Waals surface area contributed by atoms with Crippen molar-refractivity contribution in [2.75, 3.05) is 18.1 Å². The molecule has 2 nitrogen and oxygen atoms in total. The summed E-state index contributed by atoms with van der Waals surface area (Å²) in [6, 6.07) is 2.09. The van der Waals surface area contributed by atoms with Crippen molar-refractivity contribution in [1.29, 1.82) is 0 Å². The predicted octanol–water partition coefficient (Wildman–Crippen LogP) is 1.63. The summed E-state index contributed by atoms with van der Waals surface area (Å²) in [7, 11) is -0.710. The van der Waals surface area contributed by atoms with Crippen molar-refractivity contribution >= 4 is 22.1 Å². The van der Waals surface area contributed by atoms with Gasteiger partial charge in [-0.05, 0) is 41.3 Å². The van der Waals surface area contributed by atoms with Gasteiger partial charge in [0.15, 0.2) is 0 Å². The van der Waals surface area contributed by atoms with Crippen LogP contribution >= 0.6 is 11.3 Å². The first-order chi connectivity index (χ1) is 6.72. The van der Waals surface area contributed by atoms with Gasteiger partial charge in [0.25, 0.3) is 0 Å². The summed E-state index contributed by atoms with van der Waals surface area (Å²) >= 11 is 1.69. The maximum Gasteiger partial charge on any atom is 0.0275 e. The Morgan fingerprint density at radius 3 is 3.00 bits per heavy atom. The zero-order chi connectivity index (χ0) is 10.4. The maximum absolute atomic E-state index is 11.6. The van der Waals surface area contributed by atoms with Gasteiger partial charge in [0.2, 0.25) is 0 Å². The van der Waals surface area contributed by atoms with Crippen LogP contribution in [0.25, 0.3) is 0 Å². The number of aryl methyl sites for hydroxylation is 1. The number of nitrogens with two attached hydrogens (primary N) is 1. The van der Waals surface area contributed by atoms with Gasteiger partial charge in [0, 0.05) is 22.3 Å². The molecule has 4 heteroatoms. The van der Waals surface area contributed by atoms with E-state index in [1.54, 1.807) is 11.3 Å². The van der Waals surface area contributed by atoms with Crippen LogP contribution in [0.4, 0.5) is 0 Å². The molecule has 80 valence electrons. The van der Waals surface area contributed by atoms with Crippen LogP contribution in [0, 0.1) is 5.92 Å². The zero-order valence-electron chi connectivity index (χ0n) is 8.44. The van der Waals surface area contributed by atoms with Crippen molar-refractivity contribution in [2.45, 2.75) is 13.3 Å². The van der Waals surface area contributed by atoms with Crippen molar-refractivity contribution in [1.82, 2.24) is 0 Å². The Morgan fingerprint density at radius 2 is 2.43 bits per heavy atom. The summed E-state index contributed by atoms with van der Waals surface area (Å²) in [5, 5.41) is 4.17. The number of hydrogen-bond acceptors (Lipinski definition) is 3. The van der Waals surface area contributed by atoms with E-state index in [0.717, 1.165) is 17.9 Å². The summed E-state index contributed by atoms with van der Waals surface area (Å²) < 4.78 is 11.6. The summed E-state index contributed by atoms with van der Waals surface area (Å²) in [5.74, 6) is 1.88. The number of thiophene rings is 1. The molecule has 0 amide bonds. The summed E-state index contributed by atoms with van der Waals surface area (Å²) in [6.45, 7) is 2.67. The molecule has 0 aliphatic rings. The lowest BCUT2D eigenvalue weighted by Crippen LogP contribution is -2.19. The van der Waals surface area contributed by atoms with Gasteiger partial charge in [0.05, 0.1) is 0 Å². The molecule has 1 aromatic heterocycles. The molecule has 0 saturated heterocycles. The minimum absolute atomic E-state index is 0.373. The molecule has 1 aromatic rings. The van der Waals surface area contributed by atoms with Crippen molar-refractivity contribution in [3.05, 3.63) is 22.4 Å². The SMILES string of the molecule is CC(CN)CS(=O)CCc1ccsc1. The van der Waals surface area contributed by atoms with Crippen LogP contribution < -0.4 is 5.73 Å². The van der Waals surface area contributed by atoms with E-state index in [-0.39, 0.29) is 0 Å². The van der Waals surface area contributed by atoms with Gasteiger partial charge in [-0.1, -0.05) is 6.92 Å². The number of hydrogen-bond donors (Lipinski definition) is 1. The van der Waals surface area contributed by atoms with Crippen LogP contribution in [0.15, 0.2) is 16.8 Å². The fourth-order valence-electron chi connectivity index (χ4n) is 1.14. The zero-order valence-corrected chi connectivity index (χ0v) is 10.1. The molecule has 0 bridgehead atoms. The fourth-order valence-corrected chi connectivity index (χ4v) is 3.24. The van der Waals surface area contributed by atoms with Gasteiger partial charge in [-0.15, -0.1) is 0 Å². The highest BCUT2D eigenvalue weighted by atomic mass is 32.2. The lowest BCUT2D eigenvalue weighted by Gasteiger charge is -2.07. The third kappa shape index (κ3) is 4.35. The first-order valence-corrected chi connectivity index (χ1v) is 7.21. The third-order valence-electron chi connectivity index (χ3n) is 2.07. The minimum Gasteiger partial charge on any atom is -0.330 e. The van der Waals surface area contributed by atoms with Crippen LogP contribution in [0.1, 0.15) is 12.5 Å². The fraction of sp³-hybridized carbons (Fsp3) is 0.600. The molecule has 0 saturated carbocycles. The van der Waals surface area contributed by atoms with Crippen LogP contribution in [0.2, 0.25) is 0 Å². The smallest absolute Gasteiger partial charge is 0.0275 e. The van der Waals surface area contributed by atoms with E-state index >= 15 is 0 Å². The molecule has 1 heterocycles. The van der Waals surface area contributed by atoms with E-state index in [9.17, 15) is 4.21 Å². The van der Waals surface area contributed by atoms with Crippen LogP contribution in [0.5, 0.6) is 0 Å². The molecular weight excluding hydrogens is 214 g/mol. The van der Waals surface area contributed by atoms with E-state index in [1.165, 1.54) is 5.56 Å². The van der Waals surface area contributed by atoms with Crippen LogP contribution in [-0.2, 0) is 17.2 Å². The summed E-state index contributed by atoms with van der Waals surface area (Å²) in [5.41, 5.74) is 6.77. The Hall–Kier alpha value is -0.190. The van der Waals surface area contributed by atoms with Crippen molar-refractivity contribution in [3.63, 3.8) is 0 Å². The first-order valence-electron chi connectivity index (χ1n) is 4.78. The first kappa shape index (κ1) is 11.9. The minimum atomic E-state index is -0.710. The molecule has 0 spiro atoms. The molecule has 0 aromatic carbocycles. The Bertz CT molecular complexity index is 272. The van der Waals surface area contributed by atoms with E-state index in [1.807, 2.05) is 6.92 Å². The van der Waals surface area contributed by atoms with Gasteiger partial charge < -0.3 is 5.73 Å². The normalized spacial score (nSPS) is 15.3. The largest absolute Gasteiger partial charge is 0.330 e. The van der Waals surface area contributed by atoms with Crippen molar-refractivity contribution in [3.8, 4) is 0 Å². The molecule has 2 N–H and O–H groups in total. The highest BCUT2D eigenvalue weighted by Gasteiger charge is 2.06. The second-order valence-electron chi connectivity index (χ2n) is 3.53. The standard InChI is InChI=1S/C10H17NOS2/c1-9(6-11)8-14(12)5-3-10-2-4-13-7-10/h2,4,7,9H,3,5-6,8,11H2,1H3. The molecule has 1 rings (SSSR count). The van der Waals surface area contributed by atoms with Gasteiger partial charge >= 0.3 is 0 Å². The van der Waals surface area contributed by atoms with Crippen LogP contribution in [-0.4, -0.2) is 22.3 Å². The highest BCUT2D eigenvalue weighted by Crippen LogP contribution is 2.07. The Balaban J connectivity index is 2.22. The topological polar surface area (TPSA) is 43.1 Å². The van der Waals surface area contributed by atoms with Gasteiger partial charge in [-0.3, -0.25) is 4.21 Å².